The Hall–Kier alpha value is -2.46. The first-order valence-corrected chi connectivity index (χ1v) is 12.9. The van der Waals surface area contributed by atoms with E-state index in [-0.39, 0.29) is 23.8 Å². The molecule has 2 aromatic rings. The zero-order valence-corrected chi connectivity index (χ0v) is 20.5. The number of anilines is 2. The molecule has 8 nitrogen and oxygen atoms in total. The maximum Gasteiger partial charge on any atom is 0.254 e. The van der Waals surface area contributed by atoms with Crippen molar-refractivity contribution in [2.75, 3.05) is 17.2 Å². The van der Waals surface area contributed by atoms with Crippen LogP contribution in [0.5, 0.6) is 0 Å². The molecule has 0 unspecified atom stereocenters. The van der Waals surface area contributed by atoms with Gasteiger partial charge in [-0.25, -0.2) is 0 Å². The summed E-state index contributed by atoms with van der Waals surface area (Å²) in [4.78, 5) is 26.8. The number of amides is 2. The predicted octanol–water partition coefficient (Wildman–Crippen LogP) is 3.69. The lowest BCUT2D eigenvalue weighted by molar-refractivity contribution is -0.117. The molecule has 2 fully saturated rings. The summed E-state index contributed by atoms with van der Waals surface area (Å²) in [6.07, 6.45) is 6.64. The molecule has 0 bridgehead atoms. The van der Waals surface area contributed by atoms with Gasteiger partial charge in [-0.2, -0.15) is 0 Å². The number of rotatable bonds is 7. The van der Waals surface area contributed by atoms with Crippen LogP contribution < -0.4 is 21.3 Å². The summed E-state index contributed by atoms with van der Waals surface area (Å²) in [5.74, 6) is 1.32. The SMILES string of the molecule is Cc1noc(C)c1NC(=S)N[C@H]1CCc2sc(NC(=O)C3CC3)c(C(=O)NCC3CC3)c2C1. The first kappa shape index (κ1) is 22.3. The highest BCUT2D eigenvalue weighted by Crippen LogP contribution is 2.40. The minimum atomic E-state index is -0.0810. The standard InChI is InChI=1S/C23H29N5O3S2/c1-11-19(12(2)31-28-11)26-23(32)25-15-7-8-17-16(9-15)18(21(30)24-10-13-3-4-13)22(33-17)27-20(29)14-5-6-14/h13-15H,3-10H2,1-2H3,(H,24,30)(H,27,29)(H2,25,26,32)/t15-/m0/s1. The van der Waals surface area contributed by atoms with Gasteiger partial charge in [0.2, 0.25) is 5.91 Å². The number of thiocarbonyl (C=S) groups is 1. The monoisotopic (exact) mass is 487 g/mol. The summed E-state index contributed by atoms with van der Waals surface area (Å²) in [7, 11) is 0. The van der Waals surface area contributed by atoms with Gasteiger partial charge < -0.3 is 25.8 Å². The van der Waals surface area contributed by atoms with Crippen LogP contribution in [0.25, 0.3) is 0 Å². The van der Waals surface area contributed by atoms with Crippen LogP contribution in [0.4, 0.5) is 10.7 Å². The Kier molecular flexibility index (Phi) is 6.13. The van der Waals surface area contributed by atoms with Crippen molar-refractivity contribution in [2.45, 2.75) is 64.8 Å². The summed E-state index contributed by atoms with van der Waals surface area (Å²) in [5, 5.41) is 17.9. The number of aryl methyl sites for hydroxylation is 3. The number of nitrogens with zero attached hydrogens (tertiary/aromatic N) is 1. The smallest absolute Gasteiger partial charge is 0.254 e. The molecule has 3 aliphatic carbocycles. The van der Waals surface area contributed by atoms with Crippen LogP contribution >= 0.6 is 23.6 Å². The number of hydrogen-bond donors (Lipinski definition) is 4. The van der Waals surface area contributed by atoms with E-state index in [1.165, 1.54) is 17.7 Å². The number of carbonyl (C=O) groups excluding carboxylic acids is 2. The lowest BCUT2D eigenvalue weighted by Gasteiger charge is -2.25. The molecule has 0 aromatic carbocycles. The summed E-state index contributed by atoms with van der Waals surface area (Å²) in [5.41, 5.74) is 3.21. The minimum absolute atomic E-state index is 0.0318. The highest BCUT2D eigenvalue weighted by atomic mass is 32.1. The molecule has 0 aliphatic heterocycles. The molecule has 4 N–H and O–H groups in total. The minimum Gasteiger partial charge on any atom is -0.359 e. The third-order valence-corrected chi connectivity index (χ3v) is 7.96. The van der Waals surface area contributed by atoms with Crippen molar-refractivity contribution in [2.24, 2.45) is 11.8 Å². The van der Waals surface area contributed by atoms with E-state index >= 15 is 0 Å². The van der Waals surface area contributed by atoms with Crippen LogP contribution in [0.3, 0.4) is 0 Å². The number of nitrogens with one attached hydrogen (secondary N) is 4. The lowest BCUT2D eigenvalue weighted by atomic mass is 9.91. The van der Waals surface area contributed by atoms with Gasteiger partial charge in [0.15, 0.2) is 10.9 Å². The first-order valence-electron chi connectivity index (χ1n) is 11.6. The molecule has 0 spiro atoms. The average molecular weight is 488 g/mol. The van der Waals surface area contributed by atoms with Crippen molar-refractivity contribution in [1.29, 1.82) is 0 Å². The Bertz CT molecular complexity index is 1080. The van der Waals surface area contributed by atoms with Crippen LogP contribution in [0, 0.1) is 25.7 Å². The van der Waals surface area contributed by atoms with Crippen LogP contribution in [0.15, 0.2) is 4.52 Å². The quantitative estimate of drug-likeness (QED) is 0.441. The molecular weight excluding hydrogens is 458 g/mol. The first-order chi connectivity index (χ1) is 15.9. The topological polar surface area (TPSA) is 108 Å². The van der Waals surface area contributed by atoms with Gasteiger partial charge in [0.05, 0.1) is 5.56 Å². The predicted molar refractivity (Wildman–Crippen MR) is 132 cm³/mol. The van der Waals surface area contributed by atoms with Crippen LogP contribution in [-0.4, -0.2) is 34.7 Å². The van der Waals surface area contributed by atoms with Gasteiger partial charge in [0, 0.05) is 23.4 Å². The molecule has 10 heteroatoms. The van der Waals surface area contributed by atoms with E-state index in [0.717, 1.165) is 42.6 Å². The van der Waals surface area contributed by atoms with Gasteiger partial charge in [-0.1, -0.05) is 5.16 Å². The largest absolute Gasteiger partial charge is 0.359 e. The van der Waals surface area contributed by atoms with Crippen LogP contribution in [0.1, 0.15) is 64.4 Å². The second-order valence-electron chi connectivity index (χ2n) is 9.36. The van der Waals surface area contributed by atoms with Crippen molar-refractivity contribution < 1.29 is 14.1 Å². The van der Waals surface area contributed by atoms with Gasteiger partial charge in [-0.15, -0.1) is 11.3 Å². The number of thiophene rings is 1. The lowest BCUT2D eigenvalue weighted by Crippen LogP contribution is -2.41. The number of aromatic nitrogens is 1. The zero-order chi connectivity index (χ0) is 23.1. The van der Waals surface area contributed by atoms with Crippen molar-refractivity contribution in [1.82, 2.24) is 15.8 Å². The Morgan fingerprint density at radius 1 is 1.15 bits per heavy atom. The summed E-state index contributed by atoms with van der Waals surface area (Å²) < 4.78 is 5.20. The number of fused-ring (bicyclic) bond motifs is 1. The van der Waals surface area contributed by atoms with Crippen LogP contribution in [-0.2, 0) is 17.6 Å². The second kappa shape index (κ2) is 9.06. The molecule has 2 aromatic heterocycles. The summed E-state index contributed by atoms with van der Waals surface area (Å²) in [6.45, 7) is 4.41. The molecule has 3 aliphatic rings. The molecule has 2 heterocycles. The van der Waals surface area contributed by atoms with Gasteiger partial charge in [0.25, 0.3) is 5.91 Å². The van der Waals surface area contributed by atoms with E-state index in [1.807, 2.05) is 13.8 Å². The van der Waals surface area contributed by atoms with Crippen molar-refractivity contribution in [3.8, 4) is 0 Å². The summed E-state index contributed by atoms with van der Waals surface area (Å²) in [6, 6.07) is 0.0922. The van der Waals surface area contributed by atoms with E-state index in [0.29, 0.717) is 40.3 Å². The third kappa shape index (κ3) is 5.06. The Labute approximate surface area is 202 Å². The average Bonchev–Trinajstić information content (AvgIpc) is 3.70. The fourth-order valence-corrected chi connectivity index (χ4v) is 5.75. The maximum absolute atomic E-state index is 13.2. The van der Waals surface area contributed by atoms with Gasteiger partial charge in [-0.3, -0.25) is 9.59 Å². The van der Waals surface area contributed by atoms with Gasteiger partial charge >= 0.3 is 0 Å². The van der Waals surface area contributed by atoms with Crippen molar-refractivity contribution in [3.05, 3.63) is 27.5 Å². The second-order valence-corrected chi connectivity index (χ2v) is 10.9. The maximum atomic E-state index is 13.2. The third-order valence-electron chi connectivity index (χ3n) is 6.53. The molecule has 0 saturated heterocycles. The molecular formula is C23H29N5O3S2. The summed E-state index contributed by atoms with van der Waals surface area (Å²) >= 11 is 7.09. The molecule has 33 heavy (non-hydrogen) atoms. The number of hydrogen-bond acceptors (Lipinski definition) is 6. The highest BCUT2D eigenvalue weighted by Gasteiger charge is 2.34. The molecule has 1 atom stereocenters. The van der Waals surface area contributed by atoms with E-state index in [2.05, 4.69) is 26.4 Å². The van der Waals surface area contributed by atoms with Gasteiger partial charge in [0.1, 0.15) is 16.4 Å². The van der Waals surface area contributed by atoms with Crippen molar-refractivity contribution >= 4 is 51.2 Å². The molecule has 0 radical (unpaired) electrons. The van der Waals surface area contributed by atoms with E-state index in [1.54, 1.807) is 11.3 Å². The van der Waals surface area contributed by atoms with E-state index < -0.39 is 0 Å². The van der Waals surface area contributed by atoms with Crippen molar-refractivity contribution in [3.63, 3.8) is 0 Å². The zero-order valence-electron chi connectivity index (χ0n) is 18.9. The molecule has 5 rings (SSSR count). The van der Waals surface area contributed by atoms with Crippen LogP contribution in [0.2, 0.25) is 0 Å². The fraction of sp³-hybridized carbons (Fsp3) is 0.565. The Balaban J connectivity index is 1.31. The molecule has 2 saturated carbocycles. The number of carbonyl (C=O) groups is 2. The Morgan fingerprint density at radius 3 is 2.61 bits per heavy atom. The molecule has 2 amide bonds. The van der Waals surface area contributed by atoms with E-state index in [4.69, 9.17) is 16.7 Å². The fourth-order valence-electron chi connectivity index (χ4n) is 4.24. The normalized spacial score (nSPS) is 19.5. The molecule has 176 valence electrons. The van der Waals surface area contributed by atoms with Gasteiger partial charge in [-0.05, 0) is 82.5 Å². The van der Waals surface area contributed by atoms with E-state index in [9.17, 15) is 9.59 Å². The Morgan fingerprint density at radius 2 is 1.94 bits per heavy atom. The highest BCUT2D eigenvalue weighted by molar-refractivity contribution is 7.80.